The van der Waals surface area contributed by atoms with Gasteiger partial charge in [0.2, 0.25) is 0 Å². The Bertz CT molecular complexity index is 1530. The minimum atomic E-state index is -1.36. The van der Waals surface area contributed by atoms with Crippen molar-refractivity contribution in [2.45, 2.75) is 80.9 Å². The molecule has 0 radical (unpaired) electrons. The Balaban J connectivity index is 1.13. The first-order valence-electron chi connectivity index (χ1n) is 15.6. The number of benzene rings is 2. The van der Waals surface area contributed by atoms with E-state index in [1.807, 2.05) is 54.6 Å². The quantitative estimate of drug-likeness (QED) is 0.370. The molecule has 2 aromatic rings. The van der Waals surface area contributed by atoms with Gasteiger partial charge in [-0.25, -0.2) is 0 Å². The summed E-state index contributed by atoms with van der Waals surface area (Å²) in [6.45, 7) is 3.55. The molecule has 0 aromatic heterocycles. The highest BCUT2D eigenvalue weighted by Crippen LogP contribution is 2.70. The van der Waals surface area contributed by atoms with Gasteiger partial charge in [-0.3, -0.25) is 9.59 Å². The Morgan fingerprint density at radius 1 is 1.09 bits per heavy atom. The molecule has 8 heteroatoms. The Morgan fingerprint density at radius 2 is 1.89 bits per heavy atom. The lowest BCUT2D eigenvalue weighted by molar-refractivity contribution is -0.201. The summed E-state index contributed by atoms with van der Waals surface area (Å²) >= 11 is 1.69. The summed E-state index contributed by atoms with van der Waals surface area (Å²) in [5.41, 5.74) is 1.42. The molecule has 0 unspecified atom stereocenters. The van der Waals surface area contributed by atoms with Crippen molar-refractivity contribution in [1.82, 2.24) is 0 Å². The second-order valence-corrected chi connectivity index (χ2v) is 14.7. The van der Waals surface area contributed by atoms with E-state index in [-0.39, 0.29) is 35.9 Å². The van der Waals surface area contributed by atoms with Crippen LogP contribution in [0.1, 0.15) is 62.5 Å². The van der Waals surface area contributed by atoms with Crippen LogP contribution in [-0.4, -0.2) is 51.3 Å². The molecule has 1 saturated heterocycles. The first-order chi connectivity index (χ1) is 21.1. The van der Waals surface area contributed by atoms with Gasteiger partial charge in [-0.2, -0.15) is 0 Å². The van der Waals surface area contributed by atoms with Crippen LogP contribution in [0.2, 0.25) is 0 Å². The molecule has 0 bridgehead atoms. The summed E-state index contributed by atoms with van der Waals surface area (Å²) in [4.78, 5) is 27.0. The number of ketones is 2. The third kappa shape index (κ3) is 4.44. The van der Waals surface area contributed by atoms with Gasteiger partial charge in [0.1, 0.15) is 6.61 Å². The third-order valence-electron chi connectivity index (χ3n) is 11.5. The van der Waals surface area contributed by atoms with E-state index in [1.165, 1.54) is 0 Å². The summed E-state index contributed by atoms with van der Waals surface area (Å²) in [5, 5.41) is 31.5. The summed E-state index contributed by atoms with van der Waals surface area (Å²) in [6, 6.07) is 15.9. The standard InChI is InChI=1S/C36H40O7S/c1-34-13-12-25(39)15-24(34)10-11-27-28-16-31-36(30(41)19-38,35(28,2)17-29(40)32(27)34)43-33(42-31)23-8-6-21(7-9-23)20-44-26-5-3-4-22(14-26)18-37/h3-9,12-15,27-29,31-33,37-38,40H,10-11,16-20H2,1-2H3/t27-,28-,29-,31+,32+,33+,34-,35-,36+/m0/s1. The number of ether oxygens (including phenoxy) is 2. The van der Waals surface area contributed by atoms with E-state index in [9.17, 15) is 24.9 Å². The van der Waals surface area contributed by atoms with Gasteiger partial charge in [0, 0.05) is 33.0 Å². The van der Waals surface area contributed by atoms with Crippen LogP contribution in [-0.2, 0) is 31.4 Å². The van der Waals surface area contributed by atoms with Crippen molar-refractivity contribution in [1.29, 1.82) is 0 Å². The van der Waals surface area contributed by atoms with Crippen molar-refractivity contribution in [2.75, 3.05) is 6.61 Å². The minimum Gasteiger partial charge on any atom is -0.393 e. The van der Waals surface area contributed by atoms with Crippen molar-refractivity contribution in [3.8, 4) is 0 Å². The maximum Gasteiger partial charge on any atom is 0.193 e. The van der Waals surface area contributed by atoms with Crippen LogP contribution in [0.4, 0.5) is 0 Å². The molecular weight excluding hydrogens is 576 g/mol. The van der Waals surface area contributed by atoms with E-state index in [2.05, 4.69) is 13.8 Å². The molecule has 1 heterocycles. The number of aliphatic hydroxyl groups excluding tert-OH is 3. The highest BCUT2D eigenvalue weighted by Gasteiger charge is 2.75. The number of hydrogen-bond acceptors (Lipinski definition) is 8. The number of rotatable bonds is 7. The van der Waals surface area contributed by atoms with Crippen LogP contribution in [0.15, 0.2) is 77.2 Å². The predicted octanol–water partition coefficient (Wildman–Crippen LogP) is 5.07. The molecule has 4 aliphatic carbocycles. The number of aliphatic hydroxyl groups is 3. The predicted molar refractivity (Wildman–Crippen MR) is 165 cm³/mol. The average molecular weight is 617 g/mol. The lowest BCUT2D eigenvalue weighted by atomic mass is 9.46. The normalized spacial score (nSPS) is 38.8. The zero-order chi connectivity index (χ0) is 30.9. The van der Waals surface area contributed by atoms with Gasteiger partial charge >= 0.3 is 0 Å². The Morgan fingerprint density at radius 3 is 2.64 bits per heavy atom. The fourth-order valence-electron chi connectivity index (χ4n) is 9.51. The maximum atomic E-state index is 13.8. The van der Waals surface area contributed by atoms with Crippen LogP contribution >= 0.6 is 11.8 Å². The van der Waals surface area contributed by atoms with Crippen molar-refractivity contribution in [3.05, 3.63) is 89.0 Å². The second kappa shape index (κ2) is 11.0. The summed E-state index contributed by atoms with van der Waals surface area (Å²) in [5.74, 6) is 0.489. The van der Waals surface area contributed by atoms with Crippen LogP contribution in [0, 0.1) is 28.6 Å². The maximum absolute atomic E-state index is 13.8. The van der Waals surface area contributed by atoms with Gasteiger partial charge in [-0.05, 0) is 72.9 Å². The molecule has 5 aliphatic rings. The monoisotopic (exact) mass is 616 g/mol. The van der Waals surface area contributed by atoms with E-state index >= 15 is 0 Å². The van der Waals surface area contributed by atoms with E-state index in [0.29, 0.717) is 12.8 Å². The van der Waals surface area contributed by atoms with E-state index in [1.54, 1.807) is 23.9 Å². The van der Waals surface area contributed by atoms with E-state index in [0.717, 1.165) is 45.8 Å². The zero-order valence-corrected chi connectivity index (χ0v) is 26.0. The lowest BCUT2D eigenvalue weighted by Crippen LogP contribution is -2.63. The Labute approximate surface area is 262 Å². The molecular formula is C36H40O7S. The molecule has 44 heavy (non-hydrogen) atoms. The summed E-state index contributed by atoms with van der Waals surface area (Å²) in [7, 11) is 0. The molecule has 0 spiro atoms. The average Bonchev–Trinajstić information content (AvgIpc) is 3.53. The van der Waals surface area contributed by atoms with E-state index in [4.69, 9.17) is 9.47 Å². The Hall–Kier alpha value is -2.59. The first kappa shape index (κ1) is 30.1. The molecule has 0 amide bonds. The highest BCUT2D eigenvalue weighted by atomic mass is 32.2. The molecule has 3 N–H and O–H groups in total. The molecule has 3 saturated carbocycles. The smallest absolute Gasteiger partial charge is 0.193 e. The zero-order valence-electron chi connectivity index (χ0n) is 25.1. The molecule has 2 aromatic carbocycles. The molecule has 7 nitrogen and oxygen atoms in total. The topological polar surface area (TPSA) is 113 Å². The summed E-state index contributed by atoms with van der Waals surface area (Å²) in [6.07, 6.45) is 5.94. The number of carbonyl (C=O) groups is 2. The van der Waals surface area contributed by atoms with E-state index < -0.39 is 41.5 Å². The SMILES string of the molecule is C[C@]12C=CC(=O)C=C1CC[C@@H]1[C@@H]2[C@@H](O)C[C@@]2(C)[C@H]1C[C@H]1O[C@@H](c3ccc(CSc4cccc(CO)c4)cc3)O[C@]12C(=O)CO. The fourth-order valence-corrected chi connectivity index (χ4v) is 10.4. The molecule has 4 fully saturated rings. The van der Waals surface area contributed by atoms with Gasteiger partial charge in [0.05, 0.1) is 18.8 Å². The van der Waals surface area contributed by atoms with Crippen LogP contribution in [0.3, 0.4) is 0 Å². The first-order valence-corrected chi connectivity index (χ1v) is 16.6. The van der Waals surface area contributed by atoms with Gasteiger partial charge in [-0.15, -0.1) is 11.8 Å². The number of fused-ring (bicyclic) bond motifs is 7. The highest BCUT2D eigenvalue weighted by molar-refractivity contribution is 7.98. The molecule has 7 rings (SSSR count). The number of hydrogen-bond donors (Lipinski definition) is 3. The van der Waals surface area contributed by atoms with Crippen molar-refractivity contribution in [2.24, 2.45) is 28.6 Å². The Kier molecular flexibility index (Phi) is 7.55. The number of allylic oxidation sites excluding steroid dienone is 4. The molecule has 1 aliphatic heterocycles. The van der Waals surface area contributed by atoms with Gasteiger partial charge < -0.3 is 24.8 Å². The second-order valence-electron chi connectivity index (χ2n) is 13.7. The molecule has 232 valence electrons. The van der Waals surface area contributed by atoms with Crippen LogP contribution < -0.4 is 0 Å². The van der Waals surface area contributed by atoms with Crippen molar-refractivity contribution < 1.29 is 34.4 Å². The third-order valence-corrected chi connectivity index (χ3v) is 12.6. The van der Waals surface area contributed by atoms with Crippen molar-refractivity contribution >= 4 is 23.3 Å². The minimum absolute atomic E-state index is 0.00131. The van der Waals surface area contributed by atoms with Gasteiger partial charge in [-0.1, -0.05) is 61.9 Å². The van der Waals surface area contributed by atoms with Gasteiger partial charge in [0.25, 0.3) is 0 Å². The number of carbonyl (C=O) groups excluding carboxylic acids is 2. The lowest BCUT2D eigenvalue weighted by Gasteiger charge is -2.59. The van der Waals surface area contributed by atoms with Gasteiger partial charge in [0.15, 0.2) is 23.5 Å². The number of thioether (sulfide) groups is 1. The number of Topliss-reactive ketones (excluding diaryl/α,β-unsaturated/α-hetero) is 1. The fraction of sp³-hybridized carbons (Fsp3) is 0.500. The summed E-state index contributed by atoms with van der Waals surface area (Å²) < 4.78 is 13.3. The van der Waals surface area contributed by atoms with Crippen LogP contribution in [0.25, 0.3) is 0 Å². The van der Waals surface area contributed by atoms with Crippen molar-refractivity contribution in [3.63, 3.8) is 0 Å². The largest absolute Gasteiger partial charge is 0.393 e. The molecule has 9 atom stereocenters. The van der Waals surface area contributed by atoms with Crippen LogP contribution in [0.5, 0.6) is 0 Å².